The SMILES string of the molecule is C#CC1(OC(=O)c2cccn2C(C)c2ccccc2)CSC1. The molecule has 1 unspecified atom stereocenters. The number of carbonyl (C=O) groups excluding carboxylic acids is 1. The van der Waals surface area contributed by atoms with Crippen LogP contribution in [0.4, 0.5) is 0 Å². The molecule has 1 aromatic heterocycles. The van der Waals surface area contributed by atoms with Gasteiger partial charge in [-0.3, -0.25) is 0 Å². The Labute approximate surface area is 134 Å². The molecular formula is C18H17NO2S. The maximum absolute atomic E-state index is 12.5. The Morgan fingerprint density at radius 2 is 2.05 bits per heavy atom. The normalized spacial score (nSPS) is 17.1. The van der Waals surface area contributed by atoms with E-state index in [4.69, 9.17) is 11.2 Å². The summed E-state index contributed by atoms with van der Waals surface area (Å²) in [6, 6.07) is 13.7. The monoisotopic (exact) mass is 311 g/mol. The van der Waals surface area contributed by atoms with Crippen molar-refractivity contribution in [1.29, 1.82) is 0 Å². The van der Waals surface area contributed by atoms with E-state index < -0.39 is 5.60 Å². The van der Waals surface area contributed by atoms with Crippen LogP contribution >= 0.6 is 11.8 Å². The Kier molecular flexibility index (Phi) is 4.00. The van der Waals surface area contributed by atoms with Gasteiger partial charge in [0.2, 0.25) is 0 Å². The summed E-state index contributed by atoms with van der Waals surface area (Å²) in [6.45, 7) is 2.06. The number of terminal acetylenes is 1. The molecule has 0 spiro atoms. The van der Waals surface area contributed by atoms with Gasteiger partial charge in [-0.2, -0.15) is 11.8 Å². The summed E-state index contributed by atoms with van der Waals surface area (Å²) in [5.41, 5.74) is 0.939. The first-order valence-corrected chi connectivity index (χ1v) is 8.31. The van der Waals surface area contributed by atoms with Gasteiger partial charge in [0.25, 0.3) is 0 Å². The highest BCUT2D eigenvalue weighted by Crippen LogP contribution is 2.33. The molecule has 2 heterocycles. The van der Waals surface area contributed by atoms with Gasteiger partial charge in [-0.15, -0.1) is 6.42 Å². The summed E-state index contributed by atoms with van der Waals surface area (Å²) >= 11 is 1.69. The average Bonchev–Trinajstić information content (AvgIpc) is 3.00. The van der Waals surface area contributed by atoms with E-state index in [2.05, 4.69) is 12.8 Å². The lowest BCUT2D eigenvalue weighted by atomic mass is 10.1. The van der Waals surface area contributed by atoms with Gasteiger partial charge >= 0.3 is 5.97 Å². The maximum Gasteiger partial charge on any atom is 0.356 e. The highest BCUT2D eigenvalue weighted by molar-refractivity contribution is 8.00. The van der Waals surface area contributed by atoms with Gasteiger partial charge in [0, 0.05) is 17.7 Å². The number of hydrogen-bond donors (Lipinski definition) is 0. The van der Waals surface area contributed by atoms with Crippen molar-refractivity contribution in [3.05, 3.63) is 59.9 Å². The van der Waals surface area contributed by atoms with E-state index in [0.29, 0.717) is 17.2 Å². The van der Waals surface area contributed by atoms with Gasteiger partial charge in [0.05, 0.1) is 6.04 Å². The number of thioether (sulfide) groups is 1. The molecule has 3 rings (SSSR count). The van der Waals surface area contributed by atoms with Crippen LogP contribution in [0.5, 0.6) is 0 Å². The number of aromatic nitrogens is 1. The zero-order chi connectivity index (χ0) is 15.6. The fourth-order valence-electron chi connectivity index (χ4n) is 2.49. The standard InChI is InChI=1S/C18H17NO2S/c1-3-18(12-22-13-18)21-17(20)16-10-7-11-19(16)14(2)15-8-5-4-6-9-15/h1,4-11,14H,12-13H2,2H3. The number of carbonyl (C=O) groups is 1. The second-order valence-electron chi connectivity index (χ2n) is 5.41. The van der Waals surface area contributed by atoms with Gasteiger partial charge in [0.15, 0.2) is 5.60 Å². The molecule has 22 heavy (non-hydrogen) atoms. The molecule has 0 aliphatic carbocycles. The van der Waals surface area contributed by atoms with Crippen LogP contribution < -0.4 is 0 Å². The van der Waals surface area contributed by atoms with Crippen molar-refractivity contribution in [2.45, 2.75) is 18.6 Å². The van der Waals surface area contributed by atoms with Crippen molar-refractivity contribution in [2.75, 3.05) is 11.5 Å². The molecule has 1 aromatic carbocycles. The molecule has 1 aliphatic heterocycles. The lowest BCUT2D eigenvalue weighted by molar-refractivity contribution is 0.0187. The van der Waals surface area contributed by atoms with E-state index in [1.165, 1.54) is 0 Å². The van der Waals surface area contributed by atoms with E-state index in [-0.39, 0.29) is 12.0 Å². The van der Waals surface area contributed by atoms with E-state index in [1.54, 1.807) is 17.8 Å². The second kappa shape index (κ2) is 5.94. The number of hydrogen-bond acceptors (Lipinski definition) is 3. The van der Waals surface area contributed by atoms with Gasteiger partial charge in [-0.05, 0) is 24.6 Å². The van der Waals surface area contributed by atoms with Crippen molar-refractivity contribution in [1.82, 2.24) is 4.57 Å². The van der Waals surface area contributed by atoms with Crippen molar-refractivity contribution < 1.29 is 9.53 Å². The molecule has 1 fully saturated rings. The van der Waals surface area contributed by atoms with Crippen molar-refractivity contribution in [3.8, 4) is 12.3 Å². The van der Waals surface area contributed by atoms with E-state index >= 15 is 0 Å². The largest absolute Gasteiger partial charge is 0.439 e. The van der Waals surface area contributed by atoms with Crippen molar-refractivity contribution in [3.63, 3.8) is 0 Å². The fraction of sp³-hybridized carbons (Fsp3) is 0.278. The van der Waals surface area contributed by atoms with Gasteiger partial charge < -0.3 is 9.30 Å². The van der Waals surface area contributed by atoms with Crippen LogP contribution in [0.1, 0.15) is 29.0 Å². The molecule has 1 saturated heterocycles. The van der Waals surface area contributed by atoms with E-state index in [9.17, 15) is 4.79 Å². The van der Waals surface area contributed by atoms with Gasteiger partial charge in [-0.25, -0.2) is 4.79 Å². The Bertz CT molecular complexity index is 710. The summed E-state index contributed by atoms with van der Waals surface area (Å²) in [5.74, 6) is 3.60. The minimum absolute atomic E-state index is 0.0521. The van der Waals surface area contributed by atoms with Crippen LogP contribution in [0, 0.1) is 12.3 Å². The predicted molar refractivity (Wildman–Crippen MR) is 89.0 cm³/mol. The van der Waals surface area contributed by atoms with Crippen LogP contribution in [-0.2, 0) is 4.74 Å². The second-order valence-corrected chi connectivity index (χ2v) is 6.39. The van der Waals surface area contributed by atoms with Crippen LogP contribution in [0.15, 0.2) is 48.7 Å². The van der Waals surface area contributed by atoms with Gasteiger partial charge in [0.1, 0.15) is 5.69 Å². The minimum atomic E-state index is -0.729. The molecule has 1 aliphatic rings. The van der Waals surface area contributed by atoms with Crippen molar-refractivity contribution in [2.24, 2.45) is 0 Å². The molecule has 3 nitrogen and oxygen atoms in total. The lowest BCUT2D eigenvalue weighted by Gasteiger charge is -2.35. The third-order valence-corrected chi connectivity index (χ3v) is 5.25. The molecule has 0 N–H and O–H groups in total. The smallest absolute Gasteiger partial charge is 0.356 e. The molecular weight excluding hydrogens is 294 g/mol. The quantitative estimate of drug-likeness (QED) is 0.641. The zero-order valence-corrected chi connectivity index (χ0v) is 13.2. The average molecular weight is 311 g/mol. The molecule has 0 radical (unpaired) electrons. The maximum atomic E-state index is 12.5. The topological polar surface area (TPSA) is 31.2 Å². The number of ether oxygens (including phenoxy) is 1. The molecule has 112 valence electrons. The minimum Gasteiger partial charge on any atom is -0.439 e. The third-order valence-electron chi connectivity index (χ3n) is 3.91. The predicted octanol–water partition coefficient (Wildman–Crippen LogP) is 3.37. The molecule has 4 heteroatoms. The Morgan fingerprint density at radius 1 is 1.32 bits per heavy atom. The molecule has 1 atom stereocenters. The number of nitrogens with zero attached hydrogens (tertiary/aromatic N) is 1. The Balaban J connectivity index is 1.83. The first kappa shape index (κ1) is 14.8. The highest BCUT2D eigenvalue weighted by Gasteiger charge is 2.40. The Hall–Kier alpha value is -2.12. The molecule has 0 saturated carbocycles. The van der Waals surface area contributed by atoms with Crippen molar-refractivity contribution >= 4 is 17.7 Å². The first-order valence-electron chi connectivity index (χ1n) is 7.16. The van der Waals surface area contributed by atoms with Crippen LogP contribution in [0.2, 0.25) is 0 Å². The molecule has 0 bridgehead atoms. The summed E-state index contributed by atoms with van der Waals surface area (Å²) in [5, 5.41) is 0. The zero-order valence-electron chi connectivity index (χ0n) is 12.4. The molecule has 2 aromatic rings. The van der Waals surface area contributed by atoms with Crippen LogP contribution in [0.25, 0.3) is 0 Å². The summed E-state index contributed by atoms with van der Waals surface area (Å²) in [7, 11) is 0. The highest BCUT2D eigenvalue weighted by atomic mass is 32.2. The fourth-order valence-corrected chi connectivity index (χ4v) is 3.34. The number of rotatable bonds is 4. The summed E-state index contributed by atoms with van der Waals surface area (Å²) < 4.78 is 7.50. The van der Waals surface area contributed by atoms with E-state index in [0.717, 1.165) is 5.56 Å². The number of esters is 1. The third kappa shape index (κ3) is 2.65. The van der Waals surface area contributed by atoms with Gasteiger partial charge in [-0.1, -0.05) is 36.3 Å². The van der Waals surface area contributed by atoms with Crippen LogP contribution in [0.3, 0.4) is 0 Å². The summed E-state index contributed by atoms with van der Waals surface area (Å²) in [6.07, 6.45) is 7.41. The Morgan fingerprint density at radius 3 is 2.64 bits per heavy atom. The number of benzene rings is 1. The lowest BCUT2D eigenvalue weighted by Crippen LogP contribution is -2.46. The van der Waals surface area contributed by atoms with Crippen LogP contribution in [-0.4, -0.2) is 27.6 Å². The van der Waals surface area contributed by atoms with E-state index in [1.807, 2.05) is 47.2 Å². The molecule has 0 amide bonds. The first-order chi connectivity index (χ1) is 10.7. The summed E-state index contributed by atoms with van der Waals surface area (Å²) in [4.78, 5) is 12.5.